The van der Waals surface area contributed by atoms with Gasteiger partial charge in [-0.1, -0.05) is 29.8 Å². The number of imidazole rings is 1. The van der Waals surface area contributed by atoms with Crippen molar-refractivity contribution in [3.63, 3.8) is 0 Å². The predicted molar refractivity (Wildman–Crippen MR) is 81.1 cm³/mol. The van der Waals surface area contributed by atoms with Gasteiger partial charge < -0.3 is 10.1 Å². The van der Waals surface area contributed by atoms with E-state index >= 15 is 0 Å². The van der Waals surface area contributed by atoms with Crippen LogP contribution in [0.4, 0.5) is 5.95 Å². The molecule has 2 rings (SSSR count). The molecule has 0 aliphatic rings. The van der Waals surface area contributed by atoms with Gasteiger partial charge in [0.15, 0.2) is 0 Å². The van der Waals surface area contributed by atoms with Crippen LogP contribution in [-0.4, -0.2) is 23.2 Å². The van der Waals surface area contributed by atoms with E-state index in [1.165, 1.54) is 0 Å². The van der Waals surface area contributed by atoms with E-state index in [2.05, 4.69) is 40.1 Å². The van der Waals surface area contributed by atoms with E-state index in [4.69, 9.17) is 4.74 Å². The zero-order chi connectivity index (χ0) is 13.8. The molecule has 1 aromatic heterocycles. The van der Waals surface area contributed by atoms with Gasteiger partial charge in [-0.15, -0.1) is 0 Å². The van der Waals surface area contributed by atoms with Gasteiger partial charge in [-0.2, -0.15) is 0 Å². The monoisotopic (exact) mass is 323 g/mol. The van der Waals surface area contributed by atoms with Gasteiger partial charge in [-0.05, 0) is 24.1 Å². The standard InChI is InChI=1S/C14H18BrN3O/c1-10(2)9-17-14-16-6-7-18(14)12-8-11(15)4-5-13(12)19-3/h4-8,10H,9H2,1-3H3,(H,16,17). The third-order valence-electron chi connectivity index (χ3n) is 2.71. The number of benzene rings is 1. The molecule has 1 heterocycles. The van der Waals surface area contributed by atoms with Gasteiger partial charge >= 0.3 is 0 Å². The first-order chi connectivity index (χ1) is 9.11. The molecule has 5 heteroatoms. The lowest BCUT2D eigenvalue weighted by atomic mass is 10.2. The van der Waals surface area contributed by atoms with Crippen molar-refractivity contribution < 1.29 is 4.74 Å². The molecule has 1 aromatic carbocycles. The number of nitrogens with zero attached hydrogens (tertiary/aromatic N) is 2. The zero-order valence-electron chi connectivity index (χ0n) is 11.4. The summed E-state index contributed by atoms with van der Waals surface area (Å²) in [6.07, 6.45) is 3.70. The maximum Gasteiger partial charge on any atom is 0.207 e. The van der Waals surface area contributed by atoms with Gasteiger partial charge in [-0.25, -0.2) is 4.98 Å². The Balaban J connectivity index is 2.36. The smallest absolute Gasteiger partial charge is 0.207 e. The minimum atomic E-state index is 0.564. The second kappa shape index (κ2) is 6.10. The normalized spacial score (nSPS) is 10.8. The molecular formula is C14H18BrN3O. The highest BCUT2D eigenvalue weighted by Crippen LogP contribution is 2.28. The summed E-state index contributed by atoms with van der Waals surface area (Å²) in [5.41, 5.74) is 0.959. The van der Waals surface area contributed by atoms with Gasteiger partial charge in [0.1, 0.15) is 5.75 Å². The molecule has 1 N–H and O–H groups in total. The Morgan fingerprint density at radius 3 is 2.89 bits per heavy atom. The average Bonchev–Trinajstić information content (AvgIpc) is 2.84. The minimum Gasteiger partial charge on any atom is -0.495 e. The van der Waals surface area contributed by atoms with Gasteiger partial charge in [0, 0.05) is 23.4 Å². The first-order valence-corrected chi connectivity index (χ1v) is 7.02. The SMILES string of the molecule is COc1ccc(Br)cc1-n1ccnc1NCC(C)C. The number of hydrogen-bond donors (Lipinski definition) is 1. The highest BCUT2D eigenvalue weighted by molar-refractivity contribution is 9.10. The highest BCUT2D eigenvalue weighted by Gasteiger charge is 2.10. The quantitative estimate of drug-likeness (QED) is 0.911. The summed E-state index contributed by atoms with van der Waals surface area (Å²) < 4.78 is 8.41. The van der Waals surface area contributed by atoms with Crippen LogP contribution in [0, 0.1) is 5.92 Å². The highest BCUT2D eigenvalue weighted by atomic mass is 79.9. The molecule has 0 saturated carbocycles. The lowest BCUT2D eigenvalue weighted by Gasteiger charge is -2.14. The maximum absolute atomic E-state index is 5.41. The van der Waals surface area contributed by atoms with Gasteiger partial charge in [-0.3, -0.25) is 4.57 Å². The summed E-state index contributed by atoms with van der Waals surface area (Å²) in [7, 11) is 1.67. The molecule has 0 fully saturated rings. The first kappa shape index (κ1) is 13.9. The Labute approximate surface area is 121 Å². The van der Waals surface area contributed by atoms with Crippen LogP contribution in [0.2, 0.25) is 0 Å². The molecule has 0 unspecified atom stereocenters. The minimum absolute atomic E-state index is 0.564. The fraction of sp³-hybridized carbons (Fsp3) is 0.357. The summed E-state index contributed by atoms with van der Waals surface area (Å²) in [6, 6.07) is 5.91. The van der Waals surface area contributed by atoms with Crippen molar-refractivity contribution in [1.29, 1.82) is 0 Å². The molecule has 0 radical (unpaired) electrons. The van der Waals surface area contributed by atoms with Crippen molar-refractivity contribution >= 4 is 21.9 Å². The number of methoxy groups -OCH3 is 1. The predicted octanol–water partition coefficient (Wildman–Crippen LogP) is 3.71. The maximum atomic E-state index is 5.41. The molecule has 0 atom stereocenters. The molecular weight excluding hydrogens is 306 g/mol. The van der Waals surface area contributed by atoms with E-state index in [-0.39, 0.29) is 0 Å². The largest absolute Gasteiger partial charge is 0.495 e. The molecule has 19 heavy (non-hydrogen) atoms. The van der Waals surface area contributed by atoms with Crippen LogP contribution in [0.25, 0.3) is 5.69 Å². The van der Waals surface area contributed by atoms with Crippen molar-refractivity contribution in [2.75, 3.05) is 19.0 Å². The topological polar surface area (TPSA) is 39.1 Å². The number of halogens is 1. The Hall–Kier alpha value is -1.49. The number of hydrogen-bond acceptors (Lipinski definition) is 3. The van der Waals surface area contributed by atoms with Crippen LogP contribution in [0.3, 0.4) is 0 Å². The van der Waals surface area contributed by atoms with Gasteiger partial charge in [0.2, 0.25) is 5.95 Å². The Kier molecular flexibility index (Phi) is 4.47. The van der Waals surface area contributed by atoms with Crippen LogP contribution in [0.5, 0.6) is 5.75 Å². The molecule has 0 aliphatic carbocycles. The summed E-state index contributed by atoms with van der Waals surface area (Å²) in [5.74, 6) is 2.20. The molecule has 4 nitrogen and oxygen atoms in total. The van der Waals surface area contributed by atoms with E-state index in [1.807, 2.05) is 29.0 Å². The summed E-state index contributed by atoms with van der Waals surface area (Å²) in [4.78, 5) is 4.35. The van der Waals surface area contributed by atoms with Crippen molar-refractivity contribution in [3.05, 3.63) is 35.1 Å². The third kappa shape index (κ3) is 3.29. The molecule has 0 spiro atoms. The number of anilines is 1. The average molecular weight is 324 g/mol. The fourth-order valence-electron chi connectivity index (χ4n) is 1.78. The summed E-state index contributed by atoms with van der Waals surface area (Å²) >= 11 is 3.49. The third-order valence-corrected chi connectivity index (χ3v) is 3.20. The number of nitrogens with one attached hydrogen (secondary N) is 1. The molecule has 102 valence electrons. The Morgan fingerprint density at radius 1 is 1.42 bits per heavy atom. The Morgan fingerprint density at radius 2 is 2.21 bits per heavy atom. The van der Waals surface area contributed by atoms with E-state index in [1.54, 1.807) is 13.3 Å². The molecule has 0 bridgehead atoms. The summed E-state index contributed by atoms with van der Waals surface area (Å²) in [6.45, 7) is 5.22. The second-order valence-electron chi connectivity index (χ2n) is 4.71. The van der Waals surface area contributed by atoms with E-state index in [0.29, 0.717) is 5.92 Å². The molecule has 2 aromatic rings. The molecule has 0 aliphatic heterocycles. The fourth-order valence-corrected chi connectivity index (χ4v) is 2.12. The zero-order valence-corrected chi connectivity index (χ0v) is 12.9. The van der Waals surface area contributed by atoms with Crippen molar-refractivity contribution in [2.24, 2.45) is 5.92 Å². The number of aromatic nitrogens is 2. The Bertz CT molecular complexity index is 551. The van der Waals surface area contributed by atoms with Crippen LogP contribution in [0.15, 0.2) is 35.1 Å². The second-order valence-corrected chi connectivity index (χ2v) is 5.63. The summed E-state index contributed by atoms with van der Waals surface area (Å²) in [5, 5.41) is 3.34. The molecule has 0 saturated heterocycles. The number of rotatable bonds is 5. The van der Waals surface area contributed by atoms with Crippen LogP contribution < -0.4 is 10.1 Å². The van der Waals surface area contributed by atoms with Crippen LogP contribution in [0.1, 0.15) is 13.8 Å². The van der Waals surface area contributed by atoms with Gasteiger partial charge in [0.25, 0.3) is 0 Å². The van der Waals surface area contributed by atoms with Crippen LogP contribution >= 0.6 is 15.9 Å². The van der Waals surface area contributed by atoms with Crippen molar-refractivity contribution in [1.82, 2.24) is 9.55 Å². The van der Waals surface area contributed by atoms with Crippen molar-refractivity contribution in [3.8, 4) is 11.4 Å². The van der Waals surface area contributed by atoms with Crippen molar-refractivity contribution in [2.45, 2.75) is 13.8 Å². The van der Waals surface area contributed by atoms with E-state index in [0.717, 1.165) is 28.4 Å². The van der Waals surface area contributed by atoms with E-state index in [9.17, 15) is 0 Å². The van der Waals surface area contributed by atoms with Gasteiger partial charge in [0.05, 0.1) is 12.8 Å². The lowest BCUT2D eigenvalue weighted by Crippen LogP contribution is -2.12. The number of ether oxygens (including phenoxy) is 1. The first-order valence-electron chi connectivity index (χ1n) is 6.23. The lowest BCUT2D eigenvalue weighted by molar-refractivity contribution is 0.413. The molecule has 0 amide bonds. The van der Waals surface area contributed by atoms with Crippen LogP contribution in [-0.2, 0) is 0 Å². The van der Waals surface area contributed by atoms with E-state index < -0.39 is 0 Å².